The van der Waals surface area contributed by atoms with Gasteiger partial charge in [0.2, 0.25) is 0 Å². The molecular weight excluding hydrogens is 358 g/mol. The fourth-order valence-electron chi connectivity index (χ4n) is 2.94. The first-order valence-corrected chi connectivity index (χ1v) is 10.4. The maximum atomic E-state index is 6.18. The number of thiophene rings is 1. The molecule has 3 rings (SSSR count). The molecular formula is C21H29N3O2S. The van der Waals surface area contributed by atoms with Gasteiger partial charge in [0.1, 0.15) is 11.9 Å². The van der Waals surface area contributed by atoms with Crippen LogP contribution < -0.4 is 15.4 Å². The number of guanidine groups is 1. The highest BCUT2D eigenvalue weighted by molar-refractivity contribution is 7.11. The van der Waals surface area contributed by atoms with Crippen molar-refractivity contribution >= 4 is 17.3 Å². The Balaban J connectivity index is 1.67. The van der Waals surface area contributed by atoms with E-state index >= 15 is 0 Å². The Kier molecular flexibility index (Phi) is 7.12. The topological polar surface area (TPSA) is 54.9 Å². The zero-order chi connectivity index (χ0) is 19.1. The Morgan fingerprint density at radius 1 is 1.26 bits per heavy atom. The fourth-order valence-corrected chi connectivity index (χ4v) is 3.77. The Morgan fingerprint density at radius 3 is 2.85 bits per heavy atom. The summed E-state index contributed by atoms with van der Waals surface area (Å²) in [5.41, 5.74) is 2.28. The number of rotatable bonds is 7. The highest BCUT2D eigenvalue weighted by Crippen LogP contribution is 2.24. The summed E-state index contributed by atoms with van der Waals surface area (Å²) in [6.07, 6.45) is 1.09. The molecule has 2 N–H and O–H groups in total. The van der Waals surface area contributed by atoms with Gasteiger partial charge in [-0.25, -0.2) is 4.99 Å². The molecule has 0 amide bonds. The van der Waals surface area contributed by atoms with Gasteiger partial charge in [-0.15, -0.1) is 11.3 Å². The molecule has 27 heavy (non-hydrogen) atoms. The van der Waals surface area contributed by atoms with Crippen molar-refractivity contribution in [2.75, 3.05) is 19.8 Å². The number of hydrogen-bond donors (Lipinski definition) is 2. The van der Waals surface area contributed by atoms with Crippen LogP contribution in [0.1, 0.15) is 34.2 Å². The summed E-state index contributed by atoms with van der Waals surface area (Å²) in [7, 11) is 0. The van der Waals surface area contributed by atoms with Crippen LogP contribution in [0.25, 0.3) is 0 Å². The van der Waals surface area contributed by atoms with Gasteiger partial charge in [-0.2, -0.15) is 0 Å². The molecule has 6 heteroatoms. The van der Waals surface area contributed by atoms with Crippen LogP contribution in [0, 0.1) is 13.8 Å². The largest absolute Gasteiger partial charge is 0.488 e. The van der Waals surface area contributed by atoms with Crippen LogP contribution >= 0.6 is 11.3 Å². The minimum Gasteiger partial charge on any atom is -0.488 e. The second kappa shape index (κ2) is 9.76. The second-order valence-electron chi connectivity index (χ2n) is 6.78. The molecule has 0 bridgehead atoms. The molecule has 5 nitrogen and oxygen atoms in total. The fraction of sp³-hybridized carbons (Fsp3) is 0.476. The molecule has 1 aromatic heterocycles. The van der Waals surface area contributed by atoms with Crippen molar-refractivity contribution in [2.24, 2.45) is 4.99 Å². The smallest absolute Gasteiger partial charge is 0.191 e. The van der Waals surface area contributed by atoms with E-state index in [1.165, 1.54) is 15.3 Å². The predicted octanol–water partition coefficient (Wildman–Crippen LogP) is 3.79. The van der Waals surface area contributed by atoms with Crippen LogP contribution in [0.4, 0.5) is 0 Å². The highest BCUT2D eigenvalue weighted by Gasteiger charge is 2.18. The maximum Gasteiger partial charge on any atom is 0.191 e. The average Bonchev–Trinajstić information content (AvgIpc) is 3.30. The number of aliphatic imine (C=N–C) groups is 1. The number of hydrogen-bond acceptors (Lipinski definition) is 4. The van der Waals surface area contributed by atoms with E-state index < -0.39 is 0 Å². The van der Waals surface area contributed by atoms with Crippen molar-refractivity contribution in [3.63, 3.8) is 0 Å². The standard InChI is InChI=1S/C21H29N3O2S/c1-4-22-21(24-13-19-8-6-16(3)27-19)23-12-17-7-5-15(2)11-20(17)26-18-9-10-25-14-18/h5-8,11,18H,4,9-10,12-14H2,1-3H3,(H2,22,23,24). The van der Waals surface area contributed by atoms with Gasteiger partial charge >= 0.3 is 0 Å². The molecule has 1 fully saturated rings. The third-order valence-corrected chi connectivity index (χ3v) is 5.38. The molecule has 146 valence electrons. The summed E-state index contributed by atoms with van der Waals surface area (Å²) in [6.45, 7) is 9.91. The van der Waals surface area contributed by atoms with Gasteiger partial charge in [0, 0.05) is 28.3 Å². The van der Waals surface area contributed by atoms with Crippen molar-refractivity contribution in [3.8, 4) is 5.75 Å². The van der Waals surface area contributed by atoms with Gasteiger partial charge in [-0.1, -0.05) is 12.1 Å². The van der Waals surface area contributed by atoms with Gasteiger partial charge in [0.05, 0.1) is 26.3 Å². The van der Waals surface area contributed by atoms with Gasteiger partial charge in [0.15, 0.2) is 5.96 Å². The van der Waals surface area contributed by atoms with Crippen LogP contribution in [0.15, 0.2) is 35.3 Å². The van der Waals surface area contributed by atoms with E-state index in [-0.39, 0.29) is 6.10 Å². The van der Waals surface area contributed by atoms with E-state index in [0.717, 1.165) is 43.4 Å². The molecule has 1 saturated heterocycles. The first-order valence-electron chi connectivity index (χ1n) is 9.55. The molecule has 1 atom stereocenters. The SMILES string of the molecule is CCNC(=NCc1ccc(C)cc1OC1CCOC1)NCc1ccc(C)s1. The number of aryl methyl sites for hydroxylation is 2. The van der Waals surface area contributed by atoms with Crippen molar-refractivity contribution in [1.82, 2.24) is 10.6 Å². The van der Waals surface area contributed by atoms with E-state index in [9.17, 15) is 0 Å². The molecule has 1 unspecified atom stereocenters. The number of nitrogens with zero attached hydrogens (tertiary/aromatic N) is 1. The van der Waals surface area contributed by atoms with Gasteiger partial charge in [0.25, 0.3) is 0 Å². The third kappa shape index (κ3) is 5.97. The molecule has 0 saturated carbocycles. The van der Waals surface area contributed by atoms with E-state index in [1.54, 1.807) is 11.3 Å². The van der Waals surface area contributed by atoms with Crippen LogP contribution in [-0.4, -0.2) is 31.8 Å². The molecule has 0 aliphatic carbocycles. The summed E-state index contributed by atoms with van der Waals surface area (Å²) in [6, 6.07) is 10.6. The average molecular weight is 388 g/mol. The number of ether oxygens (including phenoxy) is 2. The summed E-state index contributed by atoms with van der Waals surface area (Å²) in [5.74, 6) is 1.73. The lowest BCUT2D eigenvalue weighted by molar-refractivity contribution is 0.140. The third-order valence-electron chi connectivity index (χ3n) is 4.38. The van der Waals surface area contributed by atoms with Gasteiger partial charge in [-0.05, 0) is 44.5 Å². The van der Waals surface area contributed by atoms with Crippen LogP contribution in [-0.2, 0) is 17.8 Å². The predicted molar refractivity (Wildman–Crippen MR) is 112 cm³/mol. The molecule has 1 aliphatic heterocycles. The highest BCUT2D eigenvalue weighted by atomic mass is 32.1. The maximum absolute atomic E-state index is 6.18. The first-order chi connectivity index (χ1) is 13.1. The van der Waals surface area contributed by atoms with Crippen molar-refractivity contribution in [1.29, 1.82) is 0 Å². The zero-order valence-electron chi connectivity index (χ0n) is 16.4. The molecule has 1 aromatic carbocycles. The Bertz CT molecular complexity index is 767. The van der Waals surface area contributed by atoms with Crippen LogP contribution in [0.5, 0.6) is 5.75 Å². The second-order valence-corrected chi connectivity index (χ2v) is 8.15. The Hall–Kier alpha value is -2.05. The molecule has 0 radical (unpaired) electrons. The zero-order valence-corrected chi connectivity index (χ0v) is 17.2. The van der Waals surface area contributed by atoms with Crippen molar-refractivity contribution < 1.29 is 9.47 Å². The molecule has 2 aromatic rings. The number of benzene rings is 1. The number of nitrogens with one attached hydrogen (secondary N) is 2. The lowest BCUT2D eigenvalue weighted by Gasteiger charge is -2.16. The summed E-state index contributed by atoms with van der Waals surface area (Å²) in [5, 5.41) is 6.73. The quantitative estimate of drug-likeness (QED) is 0.561. The lowest BCUT2D eigenvalue weighted by Crippen LogP contribution is -2.36. The normalized spacial score (nSPS) is 17.1. The summed E-state index contributed by atoms with van der Waals surface area (Å²) < 4.78 is 11.6. The van der Waals surface area contributed by atoms with Crippen molar-refractivity contribution in [2.45, 2.75) is 46.4 Å². The molecule has 0 spiro atoms. The van der Waals surface area contributed by atoms with Crippen LogP contribution in [0.3, 0.4) is 0 Å². The molecule has 2 heterocycles. The minimum atomic E-state index is 0.142. The Morgan fingerprint density at radius 2 is 2.15 bits per heavy atom. The Labute approximate surface area is 165 Å². The van der Waals surface area contributed by atoms with E-state index in [2.05, 4.69) is 61.7 Å². The van der Waals surface area contributed by atoms with Crippen molar-refractivity contribution in [3.05, 3.63) is 51.2 Å². The summed E-state index contributed by atoms with van der Waals surface area (Å²) in [4.78, 5) is 7.39. The van der Waals surface area contributed by atoms with Crippen LogP contribution in [0.2, 0.25) is 0 Å². The monoisotopic (exact) mass is 387 g/mol. The van der Waals surface area contributed by atoms with Gasteiger partial charge in [-0.3, -0.25) is 0 Å². The van der Waals surface area contributed by atoms with E-state index in [4.69, 9.17) is 14.5 Å². The van der Waals surface area contributed by atoms with E-state index in [0.29, 0.717) is 13.2 Å². The summed E-state index contributed by atoms with van der Waals surface area (Å²) >= 11 is 1.81. The van der Waals surface area contributed by atoms with E-state index in [1.807, 2.05) is 0 Å². The lowest BCUT2D eigenvalue weighted by atomic mass is 10.1. The molecule has 1 aliphatic rings. The minimum absolute atomic E-state index is 0.142. The first kappa shape index (κ1) is 19.7. The van der Waals surface area contributed by atoms with Gasteiger partial charge < -0.3 is 20.1 Å².